The molecule has 2 heterocycles. The Morgan fingerprint density at radius 1 is 1.36 bits per heavy atom. The van der Waals surface area contributed by atoms with E-state index < -0.39 is 16.9 Å². The number of nitrogens with zero attached hydrogens (tertiary/aromatic N) is 2. The van der Waals surface area contributed by atoms with Gasteiger partial charge in [0.1, 0.15) is 11.4 Å². The summed E-state index contributed by atoms with van der Waals surface area (Å²) >= 11 is 3.47. The van der Waals surface area contributed by atoms with E-state index in [1.54, 1.807) is 44.2 Å². The minimum atomic E-state index is -2.44. The van der Waals surface area contributed by atoms with Crippen LogP contribution in [0.4, 0.5) is 5.69 Å². The second kappa shape index (κ2) is 6.48. The number of hydrogen-bond donors (Lipinski definition) is 1. The molecular weight excluding hydrogens is 362 g/mol. The highest BCUT2D eigenvalue weighted by molar-refractivity contribution is 7.80. The fourth-order valence-electron chi connectivity index (χ4n) is 2.71. The molecule has 0 aliphatic carbocycles. The van der Waals surface area contributed by atoms with Crippen molar-refractivity contribution >= 4 is 34.1 Å². The van der Waals surface area contributed by atoms with Gasteiger partial charge in [-0.3, -0.25) is 9.19 Å². The van der Waals surface area contributed by atoms with Gasteiger partial charge in [-0.25, -0.2) is 0 Å². The third-order valence-corrected chi connectivity index (χ3v) is 4.39. The molecule has 0 saturated heterocycles. The maximum atomic E-state index is 10.9. The van der Waals surface area contributed by atoms with Crippen LogP contribution in [-0.4, -0.2) is 19.3 Å². The van der Waals surface area contributed by atoms with E-state index in [0.29, 0.717) is 38.9 Å². The fraction of sp³-hybridized carbons (Fsp3) is 0.176. The quantitative estimate of drug-likeness (QED) is 0.830. The molecule has 6 nitrogen and oxygen atoms in total. The van der Waals surface area contributed by atoms with Crippen molar-refractivity contribution in [3.63, 3.8) is 0 Å². The number of pyridine rings is 1. The van der Waals surface area contributed by atoms with Crippen molar-refractivity contribution in [2.45, 2.75) is 19.4 Å². The Kier molecular flexibility index (Phi) is 4.52. The highest BCUT2D eigenvalue weighted by atomic mass is 35.5. The van der Waals surface area contributed by atoms with Crippen LogP contribution in [0.5, 0.6) is 5.75 Å². The van der Waals surface area contributed by atoms with Crippen molar-refractivity contribution in [1.29, 1.82) is 5.26 Å². The highest BCUT2D eigenvalue weighted by Crippen LogP contribution is 2.44. The molecule has 1 N–H and O–H groups in total. The summed E-state index contributed by atoms with van der Waals surface area (Å²) in [4.78, 5) is 4.32. The van der Waals surface area contributed by atoms with Gasteiger partial charge in [0.05, 0.1) is 22.4 Å². The topological polar surface area (TPSA) is 98.1 Å². The average Bonchev–Trinajstić information content (AvgIpc) is 2.53. The molecule has 0 amide bonds. The Morgan fingerprint density at radius 2 is 2.12 bits per heavy atom. The Balaban J connectivity index is 2.23. The van der Waals surface area contributed by atoms with Crippen molar-refractivity contribution in [3.8, 4) is 11.8 Å². The monoisotopic (exact) mass is 374 g/mol. The van der Waals surface area contributed by atoms with E-state index >= 15 is 0 Å². The third kappa shape index (κ3) is 3.37. The molecule has 0 radical (unpaired) electrons. The lowest BCUT2D eigenvalue weighted by atomic mass is 9.85. The zero-order valence-electron chi connectivity index (χ0n) is 13.4. The highest BCUT2D eigenvalue weighted by Gasteiger charge is 2.36. The first-order valence-corrected chi connectivity index (χ1v) is 8.73. The number of fused-ring (bicyclic) bond motifs is 1. The predicted molar refractivity (Wildman–Crippen MR) is 94.6 cm³/mol. The zero-order chi connectivity index (χ0) is 18.2. The maximum absolute atomic E-state index is 10.9. The Morgan fingerprint density at radius 3 is 2.72 bits per heavy atom. The van der Waals surface area contributed by atoms with Crippen LogP contribution in [0.1, 0.15) is 25.1 Å². The maximum Gasteiger partial charge on any atom is 0.139 e. The number of anilines is 1. The minimum absolute atomic E-state index is 0.367. The second-order valence-electron chi connectivity index (χ2n) is 5.88. The molecule has 1 atom stereocenters. The van der Waals surface area contributed by atoms with Gasteiger partial charge in [-0.15, -0.1) is 0 Å². The normalized spacial score (nSPS) is 16.4. The van der Waals surface area contributed by atoms with Gasteiger partial charge in [-0.1, -0.05) is 11.6 Å². The van der Waals surface area contributed by atoms with Gasteiger partial charge in [0.25, 0.3) is 0 Å². The van der Waals surface area contributed by atoms with E-state index in [2.05, 4.69) is 15.8 Å². The zero-order valence-corrected chi connectivity index (χ0v) is 14.9. The van der Waals surface area contributed by atoms with Gasteiger partial charge in [0, 0.05) is 40.4 Å². The van der Waals surface area contributed by atoms with Crippen LogP contribution in [0.3, 0.4) is 0 Å². The van der Waals surface area contributed by atoms with Crippen LogP contribution in [0.15, 0.2) is 42.1 Å². The summed E-state index contributed by atoms with van der Waals surface area (Å²) in [5.41, 5.74) is 1.79. The molecule has 3 rings (SSSR count). The van der Waals surface area contributed by atoms with E-state index in [9.17, 15) is 14.0 Å². The van der Waals surface area contributed by atoms with Crippen molar-refractivity contribution in [2.75, 3.05) is 4.72 Å². The number of aromatic nitrogens is 1. The SMILES string of the molecule is CC1(C)Oc2cc(NS(=O)[O-])ccc2C(c2ccc(Cl)cn2)=C1C#N. The van der Waals surface area contributed by atoms with Gasteiger partial charge >= 0.3 is 0 Å². The Hall–Kier alpha value is -2.40. The molecule has 128 valence electrons. The van der Waals surface area contributed by atoms with Gasteiger partial charge in [0.2, 0.25) is 0 Å². The molecule has 1 aliphatic heterocycles. The van der Waals surface area contributed by atoms with Crippen LogP contribution in [0.2, 0.25) is 5.02 Å². The van der Waals surface area contributed by atoms with Crippen molar-refractivity contribution in [2.24, 2.45) is 0 Å². The van der Waals surface area contributed by atoms with Crippen molar-refractivity contribution < 1.29 is 13.5 Å². The van der Waals surface area contributed by atoms with E-state index in [1.807, 2.05) is 0 Å². The molecule has 1 aromatic carbocycles. The summed E-state index contributed by atoms with van der Waals surface area (Å²) in [7, 11) is 0. The van der Waals surface area contributed by atoms with Crippen LogP contribution in [0, 0.1) is 11.3 Å². The number of nitrogens with one attached hydrogen (secondary N) is 1. The molecule has 2 aromatic rings. The first-order chi connectivity index (χ1) is 11.8. The summed E-state index contributed by atoms with van der Waals surface area (Å²) in [6.45, 7) is 3.55. The number of nitriles is 1. The number of halogens is 1. The summed E-state index contributed by atoms with van der Waals surface area (Å²) in [6, 6.07) is 10.5. The molecular formula is C17H13ClN3O3S-. The number of hydrogen-bond acceptors (Lipinski definition) is 5. The first kappa shape index (κ1) is 17.4. The van der Waals surface area contributed by atoms with Crippen LogP contribution in [0.25, 0.3) is 5.57 Å². The molecule has 8 heteroatoms. The van der Waals surface area contributed by atoms with Gasteiger partial charge in [-0.2, -0.15) is 5.26 Å². The Bertz CT molecular complexity index is 933. The van der Waals surface area contributed by atoms with Gasteiger partial charge in [-0.05, 0) is 38.1 Å². The van der Waals surface area contributed by atoms with E-state index in [1.165, 1.54) is 6.20 Å². The molecule has 1 unspecified atom stereocenters. The van der Waals surface area contributed by atoms with Crippen LogP contribution < -0.4 is 9.46 Å². The van der Waals surface area contributed by atoms with Crippen molar-refractivity contribution in [1.82, 2.24) is 4.98 Å². The summed E-state index contributed by atoms with van der Waals surface area (Å²) in [6.07, 6.45) is 1.51. The molecule has 0 fully saturated rings. The van der Waals surface area contributed by atoms with E-state index in [0.717, 1.165) is 0 Å². The molecule has 0 saturated carbocycles. The standard InChI is InChI=1S/C17H14ClN3O3S/c1-17(2)13(8-19)16(14-6-3-10(18)9-20-14)12-5-4-11(21-25(22)23)7-15(12)24-17/h3-7,9,21H,1-2H3,(H,22,23)/p-1. The lowest BCUT2D eigenvalue weighted by molar-refractivity contribution is 0.149. The smallest absolute Gasteiger partial charge is 0.139 e. The molecule has 25 heavy (non-hydrogen) atoms. The average molecular weight is 375 g/mol. The molecule has 1 aliphatic rings. The number of ether oxygens (including phenoxy) is 1. The number of rotatable bonds is 3. The van der Waals surface area contributed by atoms with Crippen LogP contribution in [-0.2, 0) is 11.3 Å². The third-order valence-electron chi connectivity index (χ3n) is 3.76. The molecule has 0 spiro atoms. The Labute approximate surface area is 152 Å². The number of benzene rings is 1. The minimum Gasteiger partial charge on any atom is -0.755 e. The predicted octanol–water partition coefficient (Wildman–Crippen LogP) is 3.44. The van der Waals surface area contributed by atoms with E-state index in [4.69, 9.17) is 16.3 Å². The largest absolute Gasteiger partial charge is 0.755 e. The van der Waals surface area contributed by atoms with Crippen molar-refractivity contribution in [3.05, 3.63) is 58.4 Å². The summed E-state index contributed by atoms with van der Waals surface area (Å²) in [5, 5.41) is 10.2. The lowest BCUT2D eigenvalue weighted by Crippen LogP contribution is -2.34. The summed E-state index contributed by atoms with van der Waals surface area (Å²) in [5.74, 6) is 0.464. The molecule has 1 aromatic heterocycles. The molecule has 0 bridgehead atoms. The van der Waals surface area contributed by atoms with Crippen LogP contribution >= 0.6 is 11.6 Å². The van der Waals surface area contributed by atoms with Gasteiger partial charge in [0.15, 0.2) is 0 Å². The fourth-order valence-corrected chi connectivity index (χ4v) is 3.15. The summed E-state index contributed by atoms with van der Waals surface area (Å²) < 4.78 is 29.9. The van der Waals surface area contributed by atoms with E-state index in [-0.39, 0.29) is 0 Å². The lowest BCUT2D eigenvalue weighted by Gasteiger charge is -2.34. The second-order valence-corrected chi connectivity index (χ2v) is 6.99. The van der Waals surface area contributed by atoms with Gasteiger partial charge < -0.3 is 14.0 Å². The first-order valence-electron chi connectivity index (χ1n) is 7.28.